The third-order valence-electron chi connectivity index (χ3n) is 2.21. The second-order valence-electron chi connectivity index (χ2n) is 3.47. The molecule has 0 aliphatic carbocycles. The van der Waals surface area contributed by atoms with Crippen LogP contribution in [0.4, 0.5) is 5.69 Å². The van der Waals surface area contributed by atoms with Gasteiger partial charge in [0.05, 0.1) is 36.8 Å². The highest BCUT2D eigenvalue weighted by molar-refractivity contribution is 5.48. The van der Waals surface area contributed by atoms with Crippen LogP contribution in [0.25, 0.3) is 0 Å². The molecule has 0 aliphatic rings. The molecule has 0 aliphatic heterocycles. The highest BCUT2D eigenvalue weighted by atomic mass is 16.6. The Morgan fingerprint density at radius 1 is 1.56 bits per heavy atom. The average Bonchev–Trinajstić information content (AvgIpc) is 2.38. The molecule has 1 atom stereocenters. The molecular formula is C11H13N3O4. The number of nitriles is 1. The molecule has 0 saturated heterocycles. The number of nitro groups is 1. The molecule has 0 saturated carbocycles. The summed E-state index contributed by atoms with van der Waals surface area (Å²) in [7, 11) is 1.40. The van der Waals surface area contributed by atoms with Crippen LogP contribution in [0.1, 0.15) is 6.42 Å². The lowest BCUT2D eigenvalue weighted by Gasteiger charge is -2.10. The normalized spacial score (nSPS) is 11.4. The van der Waals surface area contributed by atoms with E-state index in [0.717, 1.165) is 0 Å². The van der Waals surface area contributed by atoms with E-state index in [9.17, 15) is 10.1 Å². The predicted molar refractivity (Wildman–Crippen MR) is 63.3 cm³/mol. The van der Waals surface area contributed by atoms with E-state index in [2.05, 4.69) is 0 Å². The van der Waals surface area contributed by atoms with E-state index >= 15 is 0 Å². The van der Waals surface area contributed by atoms with Gasteiger partial charge < -0.3 is 15.2 Å². The average molecular weight is 251 g/mol. The number of nitro benzene ring substituents is 1. The Bertz CT molecular complexity index is 470. The zero-order valence-corrected chi connectivity index (χ0v) is 9.83. The zero-order valence-electron chi connectivity index (χ0n) is 9.83. The number of rotatable bonds is 6. The first kappa shape index (κ1) is 13.7. The first-order valence-corrected chi connectivity index (χ1v) is 5.19. The highest BCUT2D eigenvalue weighted by Crippen LogP contribution is 2.31. The molecule has 0 aromatic heterocycles. The summed E-state index contributed by atoms with van der Waals surface area (Å²) in [5, 5.41) is 19.1. The number of non-ortho nitro benzene ring substituents is 1. The summed E-state index contributed by atoms with van der Waals surface area (Å²) in [6.45, 7) is 0.239. The van der Waals surface area contributed by atoms with Gasteiger partial charge >= 0.3 is 0 Å². The van der Waals surface area contributed by atoms with Crippen molar-refractivity contribution in [2.24, 2.45) is 5.73 Å². The number of nitrogens with two attached hydrogens (primary N) is 1. The van der Waals surface area contributed by atoms with E-state index in [1.807, 2.05) is 6.07 Å². The summed E-state index contributed by atoms with van der Waals surface area (Å²) in [6, 6.07) is 5.34. The van der Waals surface area contributed by atoms with Crippen molar-refractivity contribution in [3.05, 3.63) is 28.3 Å². The minimum atomic E-state index is -0.589. The molecule has 18 heavy (non-hydrogen) atoms. The molecule has 7 heteroatoms. The summed E-state index contributed by atoms with van der Waals surface area (Å²) < 4.78 is 10.4. The molecule has 1 aromatic carbocycles. The van der Waals surface area contributed by atoms with Crippen LogP contribution in [-0.4, -0.2) is 24.7 Å². The van der Waals surface area contributed by atoms with Crippen molar-refractivity contribution in [1.29, 1.82) is 5.26 Å². The number of benzene rings is 1. The van der Waals surface area contributed by atoms with Gasteiger partial charge in [0.25, 0.3) is 5.69 Å². The van der Waals surface area contributed by atoms with Gasteiger partial charge in [-0.15, -0.1) is 0 Å². The third-order valence-corrected chi connectivity index (χ3v) is 2.21. The maximum absolute atomic E-state index is 10.6. The molecule has 1 unspecified atom stereocenters. The number of hydrogen-bond acceptors (Lipinski definition) is 6. The molecule has 96 valence electrons. The quantitative estimate of drug-likeness (QED) is 0.601. The second-order valence-corrected chi connectivity index (χ2v) is 3.47. The predicted octanol–water partition coefficient (Wildman–Crippen LogP) is 1.22. The van der Waals surface area contributed by atoms with Crippen molar-refractivity contribution in [2.75, 3.05) is 13.7 Å². The zero-order chi connectivity index (χ0) is 13.5. The molecule has 0 heterocycles. The van der Waals surface area contributed by atoms with Crippen LogP contribution < -0.4 is 15.2 Å². The lowest BCUT2D eigenvalue weighted by molar-refractivity contribution is -0.384. The summed E-state index contributed by atoms with van der Waals surface area (Å²) in [4.78, 5) is 10.1. The topological polar surface area (TPSA) is 111 Å². The summed E-state index contributed by atoms with van der Waals surface area (Å²) in [6.07, 6.45) is 0.372. The molecule has 0 bridgehead atoms. The molecule has 1 aromatic rings. The van der Waals surface area contributed by atoms with E-state index in [4.69, 9.17) is 20.5 Å². The maximum Gasteiger partial charge on any atom is 0.273 e. The summed E-state index contributed by atoms with van der Waals surface area (Å²) in [5.74, 6) is 0.656. The minimum absolute atomic E-state index is 0.0760. The van der Waals surface area contributed by atoms with Crippen LogP contribution >= 0.6 is 0 Å². The number of hydrogen-bond donors (Lipinski definition) is 1. The Hall–Kier alpha value is -2.33. The number of nitrogens with zero attached hydrogens (tertiary/aromatic N) is 2. The first-order valence-electron chi connectivity index (χ1n) is 5.19. The van der Waals surface area contributed by atoms with E-state index in [1.165, 1.54) is 25.3 Å². The molecule has 7 nitrogen and oxygen atoms in total. The lowest BCUT2D eigenvalue weighted by atomic mass is 10.2. The molecule has 0 radical (unpaired) electrons. The van der Waals surface area contributed by atoms with Gasteiger partial charge in [0.1, 0.15) is 0 Å². The van der Waals surface area contributed by atoms with E-state index in [-0.39, 0.29) is 18.0 Å². The van der Waals surface area contributed by atoms with Gasteiger partial charge in [-0.3, -0.25) is 10.1 Å². The summed E-state index contributed by atoms with van der Waals surface area (Å²) in [5.41, 5.74) is 5.33. The largest absolute Gasteiger partial charge is 0.493 e. The number of ether oxygens (including phenoxy) is 2. The van der Waals surface area contributed by atoms with E-state index in [1.54, 1.807) is 0 Å². The fraction of sp³-hybridized carbons (Fsp3) is 0.364. The lowest BCUT2D eigenvalue weighted by Crippen LogP contribution is -2.20. The molecule has 0 amide bonds. The van der Waals surface area contributed by atoms with Crippen molar-refractivity contribution in [3.8, 4) is 17.6 Å². The second kappa shape index (κ2) is 6.42. The van der Waals surface area contributed by atoms with Crippen LogP contribution in [0, 0.1) is 21.4 Å². The van der Waals surface area contributed by atoms with Crippen LogP contribution in [0.15, 0.2) is 18.2 Å². The highest BCUT2D eigenvalue weighted by Gasteiger charge is 2.12. The van der Waals surface area contributed by atoms with Crippen molar-refractivity contribution < 1.29 is 14.4 Å². The maximum atomic E-state index is 10.6. The first-order chi connectivity index (χ1) is 8.58. The van der Waals surface area contributed by atoms with Crippen molar-refractivity contribution in [1.82, 2.24) is 0 Å². The minimum Gasteiger partial charge on any atom is -0.493 e. The SMILES string of the molecule is COc1cc([N+](=O)[O-])ccc1OCCC(N)C#N. The van der Waals surface area contributed by atoms with Gasteiger partial charge in [-0.1, -0.05) is 0 Å². The van der Waals surface area contributed by atoms with Gasteiger partial charge in [0, 0.05) is 12.5 Å². The fourth-order valence-corrected chi connectivity index (χ4v) is 1.25. The fourth-order valence-electron chi connectivity index (χ4n) is 1.25. The standard InChI is InChI=1S/C11H13N3O4/c1-17-11-6-9(14(15)16)2-3-10(11)18-5-4-8(13)7-12/h2-3,6,8H,4-5,13H2,1H3. The molecular weight excluding hydrogens is 238 g/mol. The van der Waals surface area contributed by atoms with Crippen molar-refractivity contribution >= 4 is 5.69 Å². The summed E-state index contributed by atoms with van der Waals surface area (Å²) >= 11 is 0. The Labute approximate surface area is 104 Å². The number of methoxy groups -OCH3 is 1. The Kier molecular flexibility index (Phi) is 4.90. The van der Waals surface area contributed by atoms with Gasteiger partial charge in [0.2, 0.25) is 0 Å². The molecule has 2 N–H and O–H groups in total. The monoisotopic (exact) mass is 251 g/mol. The van der Waals surface area contributed by atoms with Gasteiger partial charge in [-0.25, -0.2) is 0 Å². The third kappa shape index (κ3) is 3.61. The van der Waals surface area contributed by atoms with Crippen molar-refractivity contribution in [2.45, 2.75) is 12.5 Å². The van der Waals surface area contributed by atoms with Gasteiger partial charge in [-0.2, -0.15) is 5.26 Å². The molecule has 0 fully saturated rings. The van der Waals surface area contributed by atoms with Crippen LogP contribution in [0.2, 0.25) is 0 Å². The smallest absolute Gasteiger partial charge is 0.273 e. The van der Waals surface area contributed by atoms with E-state index < -0.39 is 11.0 Å². The Morgan fingerprint density at radius 3 is 2.83 bits per heavy atom. The Balaban J connectivity index is 2.71. The van der Waals surface area contributed by atoms with Gasteiger partial charge in [0.15, 0.2) is 11.5 Å². The molecule has 1 rings (SSSR count). The molecule has 0 spiro atoms. The Morgan fingerprint density at radius 2 is 2.28 bits per heavy atom. The van der Waals surface area contributed by atoms with Crippen LogP contribution in [-0.2, 0) is 0 Å². The van der Waals surface area contributed by atoms with Crippen LogP contribution in [0.5, 0.6) is 11.5 Å². The van der Waals surface area contributed by atoms with Crippen molar-refractivity contribution in [3.63, 3.8) is 0 Å². The van der Waals surface area contributed by atoms with Crippen LogP contribution in [0.3, 0.4) is 0 Å². The van der Waals surface area contributed by atoms with Gasteiger partial charge in [-0.05, 0) is 6.07 Å². The van der Waals surface area contributed by atoms with E-state index in [0.29, 0.717) is 12.2 Å².